The van der Waals surface area contributed by atoms with Gasteiger partial charge >= 0.3 is 12.2 Å². The minimum Gasteiger partial charge on any atom is -0.353 e. The van der Waals surface area contributed by atoms with Crippen molar-refractivity contribution in [2.75, 3.05) is 18.4 Å². The van der Waals surface area contributed by atoms with E-state index in [1.165, 1.54) is 23.1 Å². The van der Waals surface area contributed by atoms with Gasteiger partial charge < -0.3 is 15.5 Å². The summed E-state index contributed by atoms with van der Waals surface area (Å²) < 4.78 is 37.8. The highest BCUT2D eigenvalue weighted by Gasteiger charge is 2.33. The summed E-state index contributed by atoms with van der Waals surface area (Å²) in [6.07, 6.45) is -5.05. The molecule has 1 aromatic carbocycles. The van der Waals surface area contributed by atoms with E-state index < -0.39 is 24.7 Å². The molecule has 0 unspecified atom stereocenters. The highest BCUT2D eigenvalue weighted by Crippen LogP contribution is 2.26. The highest BCUT2D eigenvalue weighted by molar-refractivity contribution is 5.95. The molecule has 2 rings (SSSR count). The summed E-state index contributed by atoms with van der Waals surface area (Å²) >= 11 is 0. The fourth-order valence-electron chi connectivity index (χ4n) is 2.56. The molecular formula is C15H18F3N3O2. The molecule has 1 saturated heterocycles. The number of rotatable bonds is 3. The lowest BCUT2D eigenvalue weighted by Crippen LogP contribution is -2.57. The van der Waals surface area contributed by atoms with Crippen LogP contribution < -0.4 is 10.6 Å². The summed E-state index contributed by atoms with van der Waals surface area (Å²) in [7, 11) is 0. The minimum atomic E-state index is -4.36. The van der Waals surface area contributed by atoms with Gasteiger partial charge in [0.1, 0.15) is 6.04 Å². The van der Waals surface area contributed by atoms with Gasteiger partial charge in [0, 0.05) is 18.8 Å². The van der Waals surface area contributed by atoms with E-state index in [1.54, 1.807) is 13.0 Å². The molecule has 0 saturated carbocycles. The lowest BCUT2D eigenvalue weighted by molar-refractivity contribution is -0.128. The van der Waals surface area contributed by atoms with Crippen LogP contribution in [0.15, 0.2) is 24.3 Å². The quantitative estimate of drug-likeness (QED) is 0.895. The average molecular weight is 329 g/mol. The van der Waals surface area contributed by atoms with Crippen LogP contribution in [0, 0.1) is 0 Å². The summed E-state index contributed by atoms with van der Waals surface area (Å²) in [6.45, 7) is 2.41. The molecular weight excluding hydrogens is 311 g/mol. The Kier molecular flexibility index (Phi) is 5.12. The predicted molar refractivity (Wildman–Crippen MR) is 79.0 cm³/mol. The average Bonchev–Trinajstić information content (AvgIpc) is 2.47. The number of amides is 3. The summed E-state index contributed by atoms with van der Waals surface area (Å²) in [4.78, 5) is 25.5. The Balaban J connectivity index is 2.15. The third kappa shape index (κ3) is 4.37. The molecule has 1 atom stereocenters. The Hall–Kier alpha value is -2.25. The van der Waals surface area contributed by atoms with Crippen molar-refractivity contribution < 1.29 is 22.8 Å². The fraction of sp³-hybridized carbons (Fsp3) is 0.467. The molecule has 1 aliphatic heterocycles. The van der Waals surface area contributed by atoms with Gasteiger partial charge in [-0.2, -0.15) is 13.2 Å². The first kappa shape index (κ1) is 17.1. The number of hydrogen-bond acceptors (Lipinski definition) is 2. The molecule has 2 N–H and O–H groups in total. The second-order valence-electron chi connectivity index (χ2n) is 5.29. The number of halogens is 3. The third-order valence-corrected chi connectivity index (χ3v) is 3.63. The molecule has 1 aliphatic rings. The van der Waals surface area contributed by atoms with Crippen LogP contribution in [0.3, 0.4) is 0 Å². The lowest BCUT2D eigenvalue weighted by atomic mass is 10.1. The van der Waals surface area contributed by atoms with Gasteiger partial charge in [0.05, 0.1) is 6.42 Å². The van der Waals surface area contributed by atoms with E-state index in [2.05, 4.69) is 10.6 Å². The van der Waals surface area contributed by atoms with Gasteiger partial charge in [0.2, 0.25) is 5.91 Å². The maximum Gasteiger partial charge on any atom is 0.393 e. The first-order valence-electron chi connectivity index (χ1n) is 7.32. The number of carbonyl (C=O) groups is 2. The Bertz CT molecular complexity index is 590. The van der Waals surface area contributed by atoms with Gasteiger partial charge in [-0.15, -0.1) is 0 Å². The van der Waals surface area contributed by atoms with Crippen LogP contribution >= 0.6 is 0 Å². The Morgan fingerprint density at radius 1 is 1.39 bits per heavy atom. The first-order chi connectivity index (χ1) is 10.8. The van der Waals surface area contributed by atoms with Crippen molar-refractivity contribution in [2.45, 2.75) is 32.0 Å². The number of nitrogens with one attached hydrogen (secondary N) is 2. The van der Waals surface area contributed by atoms with Gasteiger partial charge in [0.25, 0.3) is 0 Å². The number of nitrogens with zero attached hydrogens (tertiary/aromatic N) is 1. The van der Waals surface area contributed by atoms with Crippen LogP contribution in [0.25, 0.3) is 0 Å². The van der Waals surface area contributed by atoms with Crippen molar-refractivity contribution in [2.24, 2.45) is 0 Å². The van der Waals surface area contributed by atoms with Crippen molar-refractivity contribution in [1.29, 1.82) is 0 Å². The molecule has 8 heteroatoms. The highest BCUT2D eigenvalue weighted by atomic mass is 19.4. The maximum atomic E-state index is 12.6. The number of alkyl halides is 3. The Morgan fingerprint density at radius 2 is 2.09 bits per heavy atom. The number of para-hydroxylation sites is 1. The topological polar surface area (TPSA) is 61.4 Å². The molecule has 0 bridgehead atoms. The number of piperazine rings is 1. The van der Waals surface area contributed by atoms with Crippen LogP contribution in [-0.4, -0.2) is 42.1 Å². The molecule has 0 aliphatic carbocycles. The molecule has 23 heavy (non-hydrogen) atoms. The monoisotopic (exact) mass is 329 g/mol. The fourth-order valence-corrected chi connectivity index (χ4v) is 2.56. The van der Waals surface area contributed by atoms with E-state index in [4.69, 9.17) is 0 Å². The van der Waals surface area contributed by atoms with Crippen molar-refractivity contribution in [1.82, 2.24) is 10.2 Å². The SMILES string of the molecule is CC[C@H]1C(=O)NCCN1C(=O)Nc1ccccc1CC(F)(F)F. The van der Waals surface area contributed by atoms with Crippen LogP contribution in [0.2, 0.25) is 0 Å². The number of anilines is 1. The summed E-state index contributed by atoms with van der Waals surface area (Å²) in [5.41, 5.74) is 0.0959. The maximum absolute atomic E-state index is 12.6. The van der Waals surface area contributed by atoms with Gasteiger partial charge in [-0.25, -0.2) is 4.79 Å². The van der Waals surface area contributed by atoms with E-state index >= 15 is 0 Å². The molecule has 0 radical (unpaired) electrons. The van der Waals surface area contributed by atoms with Gasteiger partial charge in [-0.05, 0) is 18.1 Å². The van der Waals surface area contributed by atoms with Gasteiger partial charge in [0.15, 0.2) is 0 Å². The molecule has 126 valence electrons. The molecule has 5 nitrogen and oxygen atoms in total. The van der Waals surface area contributed by atoms with E-state index in [-0.39, 0.29) is 17.2 Å². The number of benzene rings is 1. The summed E-state index contributed by atoms with van der Waals surface area (Å²) in [5.74, 6) is -0.252. The predicted octanol–water partition coefficient (Wildman–Crippen LogP) is 2.53. The number of carbonyl (C=O) groups excluding carboxylic acids is 2. The third-order valence-electron chi connectivity index (χ3n) is 3.63. The van der Waals surface area contributed by atoms with E-state index in [0.717, 1.165) is 0 Å². The minimum absolute atomic E-state index is 0.0112. The lowest BCUT2D eigenvalue weighted by Gasteiger charge is -2.34. The molecule has 1 aromatic rings. The standard InChI is InChI=1S/C15H18F3N3O2/c1-2-12-13(22)19-7-8-21(12)14(23)20-11-6-4-3-5-10(11)9-15(16,17)18/h3-6,12H,2,7-9H2,1H3,(H,19,22)(H,20,23)/t12-/m0/s1. The Labute approximate surface area is 131 Å². The van der Waals surface area contributed by atoms with Crippen LogP contribution in [0.1, 0.15) is 18.9 Å². The second kappa shape index (κ2) is 6.89. The molecule has 1 heterocycles. The zero-order valence-corrected chi connectivity index (χ0v) is 12.6. The van der Waals surface area contributed by atoms with Gasteiger partial charge in [-0.1, -0.05) is 25.1 Å². The van der Waals surface area contributed by atoms with Crippen molar-refractivity contribution >= 4 is 17.6 Å². The number of hydrogen-bond donors (Lipinski definition) is 2. The second-order valence-corrected chi connectivity index (χ2v) is 5.29. The molecule has 0 spiro atoms. The van der Waals surface area contributed by atoms with E-state index in [0.29, 0.717) is 19.5 Å². The Morgan fingerprint density at radius 3 is 2.74 bits per heavy atom. The smallest absolute Gasteiger partial charge is 0.353 e. The zero-order chi connectivity index (χ0) is 17.0. The molecule has 3 amide bonds. The van der Waals surface area contributed by atoms with Gasteiger partial charge in [-0.3, -0.25) is 4.79 Å². The zero-order valence-electron chi connectivity index (χ0n) is 12.6. The van der Waals surface area contributed by atoms with Crippen molar-refractivity contribution in [3.05, 3.63) is 29.8 Å². The summed E-state index contributed by atoms with van der Waals surface area (Å²) in [5, 5.41) is 5.16. The van der Waals surface area contributed by atoms with E-state index in [1.807, 2.05) is 0 Å². The first-order valence-corrected chi connectivity index (χ1v) is 7.32. The number of urea groups is 1. The van der Waals surface area contributed by atoms with E-state index in [9.17, 15) is 22.8 Å². The molecule has 0 aromatic heterocycles. The summed E-state index contributed by atoms with van der Waals surface area (Å²) in [6, 6.07) is 4.60. The normalized spacial score (nSPS) is 18.5. The van der Waals surface area contributed by atoms with Crippen molar-refractivity contribution in [3.63, 3.8) is 0 Å². The van der Waals surface area contributed by atoms with Crippen molar-refractivity contribution in [3.8, 4) is 0 Å². The largest absolute Gasteiger partial charge is 0.393 e. The van der Waals surface area contributed by atoms with Crippen LogP contribution in [0.5, 0.6) is 0 Å². The van der Waals surface area contributed by atoms with Crippen LogP contribution in [0.4, 0.5) is 23.7 Å². The molecule has 1 fully saturated rings. The van der Waals surface area contributed by atoms with Crippen LogP contribution in [-0.2, 0) is 11.2 Å².